The van der Waals surface area contributed by atoms with Gasteiger partial charge in [0.1, 0.15) is 17.4 Å². The molecule has 27 heavy (non-hydrogen) atoms. The number of benzene rings is 1. The second-order valence-corrected chi connectivity index (χ2v) is 6.92. The molecule has 6 heteroatoms. The third kappa shape index (κ3) is 3.60. The highest BCUT2D eigenvalue weighted by Gasteiger charge is 2.25. The molecule has 0 atom stereocenters. The third-order valence-corrected chi connectivity index (χ3v) is 5.14. The van der Waals surface area contributed by atoms with Crippen LogP contribution in [0.1, 0.15) is 19.8 Å². The van der Waals surface area contributed by atoms with Crippen molar-refractivity contribution in [2.24, 2.45) is 5.92 Å². The van der Waals surface area contributed by atoms with Crippen LogP contribution in [0.2, 0.25) is 0 Å². The first-order valence-corrected chi connectivity index (χ1v) is 9.14. The van der Waals surface area contributed by atoms with Gasteiger partial charge in [-0.3, -0.25) is 9.89 Å². The smallest absolute Gasteiger partial charge is 0.137 e. The number of H-pyrrole nitrogens is 1. The van der Waals surface area contributed by atoms with Crippen LogP contribution >= 0.6 is 0 Å². The van der Waals surface area contributed by atoms with E-state index in [9.17, 15) is 9.18 Å². The molecule has 1 aromatic carbocycles. The minimum atomic E-state index is -0.285. The number of aromatic nitrogens is 3. The van der Waals surface area contributed by atoms with Crippen LogP contribution in [0.4, 0.5) is 10.2 Å². The zero-order valence-electron chi connectivity index (χ0n) is 15.2. The summed E-state index contributed by atoms with van der Waals surface area (Å²) in [6, 6.07) is 12.2. The first-order chi connectivity index (χ1) is 13.1. The number of carbonyl (C=O) groups excluding carboxylic acids is 1. The van der Waals surface area contributed by atoms with Crippen LogP contribution in [0.3, 0.4) is 0 Å². The Labute approximate surface area is 157 Å². The molecule has 138 valence electrons. The number of carbonyl (C=O) groups is 1. The van der Waals surface area contributed by atoms with Crippen molar-refractivity contribution in [1.82, 2.24) is 15.2 Å². The van der Waals surface area contributed by atoms with E-state index in [0.29, 0.717) is 5.69 Å². The maximum Gasteiger partial charge on any atom is 0.137 e. The van der Waals surface area contributed by atoms with Gasteiger partial charge in [-0.2, -0.15) is 5.10 Å². The van der Waals surface area contributed by atoms with Crippen LogP contribution in [-0.4, -0.2) is 34.1 Å². The summed E-state index contributed by atoms with van der Waals surface area (Å²) in [6.45, 7) is 3.28. The van der Waals surface area contributed by atoms with Gasteiger partial charge in [0.05, 0.1) is 11.4 Å². The number of nitrogens with one attached hydrogen (secondary N) is 1. The van der Waals surface area contributed by atoms with Crippen LogP contribution in [0.5, 0.6) is 0 Å². The van der Waals surface area contributed by atoms with Gasteiger partial charge >= 0.3 is 0 Å². The number of aromatic amines is 1. The molecule has 0 amide bonds. The van der Waals surface area contributed by atoms with Gasteiger partial charge in [-0.25, -0.2) is 9.37 Å². The average Bonchev–Trinajstić information content (AvgIpc) is 3.18. The minimum absolute atomic E-state index is 0.153. The summed E-state index contributed by atoms with van der Waals surface area (Å²) in [4.78, 5) is 18.4. The summed E-state index contributed by atoms with van der Waals surface area (Å²) in [5, 5.41) is 7.40. The molecule has 1 fully saturated rings. The molecule has 5 nitrogen and oxygen atoms in total. The number of rotatable bonds is 4. The number of nitrogens with zero attached hydrogens (tertiary/aromatic N) is 3. The SMILES string of the molecule is CC(=O)C1CCN(c2ncccc2-c2cc(-c3cccc(F)c3)n[nH]2)CC1. The lowest BCUT2D eigenvalue weighted by atomic mass is 9.93. The number of piperidine rings is 1. The molecule has 0 spiro atoms. The number of Topliss-reactive ketones (excluding diaryl/α,β-unsaturated/α-hetero) is 1. The van der Waals surface area contributed by atoms with Crippen molar-refractivity contribution >= 4 is 11.6 Å². The second-order valence-electron chi connectivity index (χ2n) is 6.92. The van der Waals surface area contributed by atoms with Gasteiger partial charge in [0.25, 0.3) is 0 Å². The molecule has 0 unspecified atom stereocenters. The second kappa shape index (κ2) is 7.31. The normalized spacial score (nSPS) is 15.1. The van der Waals surface area contributed by atoms with Crippen molar-refractivity contribution in [3.63, 3.8) is 0 Å². The maximum atomic E-state index is 13.5. The number of pyridine rings is 1. The molecule has 4 rings (SSSR count). The molecule has 1 aliphatic rings. The summed E-state index contributed by atoms with van der Waals surface area (Å²) < 4.78 is 13.5. The van der Waals surface area contributed by atoms with Crippen LogP contribution in [0.15, 0.2) is 48.7 Å². The first kappa shape index (κ1) is 17.4. The number of halogens is 1. The fourth-order valence-electron chi connectivity index (χ4n) is 3.61. The minimum Gasteiger partial charge on any atom is -0.356 e. The van der Waals surface area contributed by atoms with E-state index in [4.69, 9.17) is 0 Å². The van der Waals surface area contributed by atoms with E-state index in [1.807, 2.05) is 24.3 Å². The van der Waals surface area contributed by atoms with Crippen molar-refractivity contribution in [2.75, 3.05) is 18.0 Å². The van der Waals surface area contributed by atoms with Crippen molar-refractivity contribution < 1.29 is 9.18 Å². The van der Waals surface area contributed by atoms with E-state index in [2.05, 4.69) is 20.1 Å². The molecule has 0 aliphatic carbocycles. The zero-order valence-corrected chi connectivity index (χ0v) is 15.2. The van der Waals surface area contributed by atoms with E-state index in [-0.39, 0.29) is 17.5 Å². The predicted molar refractivity (Wildman–Crippen MR) is 103 cm³/mol. The van der Waals surface area contributed by atoms with Gasteiger partial charge in [0.2, 0.25) is 0 Å². The lowest BCUT2D eigenvalue weighted by Crippen LogP contribution is -2.36. The summed E-state index contributed by atoms with van der Waals surface area (Å²) in [6.07, 6.45) is 3.48. The van der Waals surface area contributed by atoms with E-state index in [1.54, 1.807) is 19.2 Å². The topological polar surface area (TPSA) is 61.9 Å². The highest BCUT2D eigenvalue weighted by atomic mass is 19.1. The number of anilines is 1. The summed E-state index contributed by atoms with van der Waals surface area (Å²) in [5.74, 6) is 1.02. The van der Waals surface area contributed by atoms with Crippen molar-refractivity contribution in [3.05, 3.63) is 54.5 Å². The fourth-order valence-corrected chi connectivity index (χ4v) is 3.61. The molecule has 1 saturated heterocycles. The molecule has 3 aromatic rings. The fraction of sp³-hybridized carbons (Fsp3) is 0.286. The third-order valence-electron chi connectivity index (χ3n) is 5.14. The predicted octanol–water partition coefficient (Wildman–Crippen LogP) is 4.08. The molecule has 0 radical (unpaired) electrons. The Bertz CT molecular complexity index is 960. The Morgan fingerprint density at radius 3 is 2.74 bits per heavy atom. The molecular formula is C21H21FN4O. The molecule has 0 bridgehead atoms. The number of hydrogen-bond acceptors (Lipinski definition) is 4. The van der Waals surface area contributed by atoms with Crippen LogP contribution in [0, 0.1) is 11.7 Å². The van der Waals surface area contributed by atoms with Crippen LogP contribution in [-0.2, 0) is 4.79 Å². The quantitative estimate of drug-likeness (QED) is 0.758. The van der Waals surface area contributed by atoms with E-state index >= 15 is 0 Å². The van der Waals surface area contributed by atoms with Crippen LogP contribution in [0.25, 0.3) is 22.5 Å². The van der Waals surface area contributed by atoms with Crippen LogP contribution < -0.4 is 4.90 Å². The zero-order chi connectivity index (χ0) is 18.8. The lowest BCUT2D eigenvalue weighted by Gasteiger charge is -2.32. The van der Waals surface area contributed by atoms with Crippen molar-refractivity contribution in [2.45, 2.75) is 19.8 Å². The average molecular weight is 364 g/mol. The molecule has 3 heterocycles. The first-order valence-electron chi connectivity index (χ1n) is 9.14. The molecular weight excluding hydrogens is 343 g/mol. The molecule has 1 aliphatic heterocycles. The van der Waals surface area contributed by atoms with Gasteiger partial charge in [-0.1, -0.05) is 12.1 Å². The lowest BCUT2D eigenvalue weighted by molar-refractivity contribution is -0.121. The highest BCUT2D eigenvalue weighted by Crippen LogP contribution is 2.32. The van der Waals surface area contributed by atoms with Gasteiger partial charge in [-0.05, 0) is 50.1 Å². The highest BCUT2D eigenvalue weighted by molar-refractivity contribution is 5.79. The number of ketones is 1. The van der Waals surface area contributed by atoms with E-state index < -0.39 is 0 Å². The Hall–Kier alpha value is -3.02. The Balaban J connectivity index is 1.62. The summed E-state index contributed by atoms with van der Waals surface area (Å²) in [5.41, 5.74) is 3.21. The monoisotopic (exact) mass is 364 g/mol. The Morgan fingerprint density at radius 2 is 2.00 bits per heavy atom. The molecule has 1 N–H and O–H groups in total. The van der Waals surface area contributed by atoms with E-state index in [1.165, 1.54) is 12.1 Å². The van der Waals surface area contributed by atoms with Gasteiger partial charge in [0, 0.05) is 36.3 Å². The Morgan fingerprint density at radius 1 is 1.19 bits per heavy atom. The number of hydrogen-bond donors (Lipinski definition) is 1. The largest absolute Gasteiger partial charge is 0.356 e. The van der Waals surface area contributed by atoms with Gasteiger partial charge in [-0.15, -0.1) is 0 Å². The molecule has 0 saturated carbocycles. The molecule has 2 aromatic heterocycles. The van der Waals surface area contributed by atoms with Crippen molar-refractivity contribution in [3.8, 4) is 22.5 Å². The van der Waals surface area contributed by atoms with Crippen molar-refractivity contribution in [1.29, 1.82) is 0 Å². The van der Waals surface area contributed by atoms with Gasteiger partial charge < -0.3 is 4.90 Å². The standard InChI is InChI=1S/C21H21FN4O/c1-14(27)15-7-10-26(11-8-15)21-18(6-3-9-23-21)20-13-19(24-25-20)16-4-2-5-17(22)12-16/h2-6,9,12-13,15H,7-8,10-11H2,1H3,(H,24,25). The summed E-state index contributed by atoms with van der Waals surface area (Å²) in [7, 11) is 0. The maximum absolute atomic E-state index is 13.5. The summed E-state index contributed by atoms with van der Waals surface area (Å²) >= 11 is 0. The van der Waals surface area contributed by atoms with E-state index in [0.717, 1.165) is 48.6 Å². The van der Waals surface area contributed by atoms with Gasteiger partial charge in [0.15, 0.2) is 0 Å². The Kier molecular flexibility index (Phi) is 4.71.